The van der Waals surface area contributed by atoms with Crippen LogP contribution in [0.5, 0.6) is 0 Å². The third-order valence-electron chi connectivity index (χ3n) is 4.64. The molecule has 3 rings (SSSR count). The Morgan fingerprint density at radius 2 is 1.29 bits per heavy atom. The van der Waals surface area contributed by atoms with Gasteiger partial charge in [0.15, 0.2) is 0 Å². The summed E-state index contributed by atoms with van der Waals surface area (Å²) in [5.41, 5.74) is 3.64. The largest absolute Gasteiger partial charge is 0.297 e. The Hall–Kier alpha value is -2.43. The number of hydrogen-bond donors (Lipinski definition) is 0. The van der Waals surface area contributed by atoms with Crippen molar-refractivity contribution in [1.82, 2.24) is 0 Å². The van der Waals surface area contributed by atoms with E-state index in [1.165, 1.54) is 0 Å². The van der Waals surface area contributed by atoms with Gasteiger partial charge in [0.1, 0.15) is 6.10 Å². The van der Waals surface area contributed by atoms with Crippen molar-refractivity contribution in [2.75, 3.05) is 0 Å². The Labute approximate surface area is 168 Å². The van der Waals surface area contributed by atoms with E-state index in [0.29, 0.717) is 0 Å². The summed E-state index contributed by atoms with van der Waals surface area (Å²) < 4.78 is 31.4. The highest BCUT2D eigenvalue weighted by molar-refractivity contribution is 7.86. The molecule has 146 valence electrons. The lowest BCUT2D eigenvalue weighted by Crippen LogP contribution is -2.24. The highest BCUT2D eigenvalue weighted by Gasteiger charge is 2.32. The molecule has 0 N–H and O–H groups in total. The predicted octanol–water partition coefficient (Wildman–Crippen LogP) is 6.15. The lowest BCUT2D eigenvalue weighted by molar-refractivity contribution is 0.0934. The van der Waals surface area contributed by atoms with Crippen LogP contribution in [0.4, 0.5) is 0 Å². The molecule has 0 radical (unpaired) electrons. The molecule has 0 amide bonds. The lowest BCUT2D eigenvalue weighted by Gasteiger charge is -2.30. The van der Waals surface area contributed by atoms with E-state index in [1.807, 2.05) is 70.2 Å². The molecule has 0 aliphatic rings. The van der Waals surface area contributed by atoms with Crippen LogP contribution in [0.15, 0.2) is 83.8 Å². The van der Waals surface area contributed by atoms with Crippen LogP contribution in [0.3, 0.4) is 0 Å². The molecular weight excluding hydrogens is 368 g/mol. The third-order valence-corrected chi connectivity index (χ3v) is 5.94. The molecule has 3 aromatic rings. The van der Waals surface area contributed by atoms with Gasteiger partial charge in [0, 0.05) is 0 Å². The Kier molecular flexibility index (Phi) is 5.73. The zero-order chi connectivity index (χ0) is 20.4. The molecule has 0 aliphatic heterocycles. The fraction of sp³-hybridized carbons (Fsp3) is 0.250. The van der Waals surface area contributed by atoms with Crippen LogP contribution >= 0.6 is 0 Å². The monoisotopic (exact) mass is 394 g/mol. The summed E-state index contributed by atoms with van der Waals surface area (Å²) >= 11 is 0. The minimum Gasteiger partial charge on any atom is -0.258 e. The first-order valence-electron chi connectivity index (χ1n) is 9.32. The van der Waals surface area contributed by atoms with Crippen molar-refractivity contribution >= 4 is 10.1 Å². The van der Waals surface area contributed by atoms with Crippen LogP contribution in [0, 0.1) is 12.3 Å². The first-order valence-corrected chi connectivity index (χ1v) is 10.7. The SMILES string of the molecule is Cc1ccc(S(=O)(=O)OC(c2ccc(-c3ccccc3)cc2)C(C)(C)C)cc1. The first-order chi connectivity index (χ1) is 13.2. The van der Waals surface area contributed by atoms with E-state index in [0.717, 1.165) is 22.3 Å². The molecule has 0 saturated carbocycles. The maximum atomic E-state index is 12.8. The zero-order valence-electron chi connectivity index (χ0n) is 16.7. The van der Waals surface area contributed by atoms with Crippen molar-refractivity contribution in [3.63, 3.8) is 0 Å². The summed E-state index contributed by atoms with van der Waals surface area (Å²) in [5, 5.41) is 0. The normalized spacial score (nSPS) is 13.3. The molecule has 0 fully saturated rings. The number of aryl methyl sites for hydroxylation is 1. The zero-order valence-corrected chi connectivity index (χ0v) is 17.5. The van der Waals surface area contributed by atoms with Crippen molar-refractivity contribution in [3.8, 4) is 11.1 Å². The van der Waals surface area contributed by atoms with E-state index in [1.54, 1.807) is 24.3 Å². The molecule has 28 heavy (non-hydrogen) atoms. The van der Waals surface area contributed by atoms with Crippen LogP contribution in [-0.4, -0.2) is 8.42 Å². The average molecular weight is 395 g/mol. The van der Waals surface area contributed by atoms with Crippen molar-refractivity contribution in [2.24, 2.45) is 5.41 Å². The van der Waals surface area contributed by atoms with E-state index < -0.39 is 21.6 Å². The molecular formula is C24H26O3S. The van der Waals surface area contributed by atoms with Crippen LogP contribution in [-0.2, 0) is 14.3 Å². The van der Waals surface area contributed by atoms with E-state index >= 15 is 0 Å². The van der Waals surface area contributed by atoms with E-state index in [2.05, 4.69) is 12.1 Å². The van der Waals surface area contributed by atoms with Crippen LogP contribution < -0.4 is 0 Å². The van der Waals surface area contributed by atoms with Gasteiger partial charge in [-0.2, -0.15) is 8.42 Å². The maximum Gasteiger partial charge on any atom is 0.297 e. The topological polar surface area (TPSA) is 43.4 Å². The maximum absolute atomic E-state index is 12.8. The van der Waals surface area contributed by atoms with Gasteiger partial charge in [-0.1, -0.05) is 93.1 Å². The Morgan fingerprint density at radius 1 is 0.750 bits per heavy atom. The molecule has 1 unspecified atom stereocenters. The van der Waals surface area contributed by atoms with Gasteiger partial charge < -0.3 is 0 Å². The Balaban J connectivity index is 1.92. The second-order valence-electron chi connectivity index (χ2n) is 8.10. The molecule has 4 heteroatoms. The number of rotatable bonds is 5. The summed E-state index contributed by atoms with van der Waals surface area (Å²) in [6.45, 7) is 7.86. The van der Waals surface area contributed by atoms with Gasteiger partial charge in [0.05, 0.1) is 4.90 Å². The minimum atomic E-state index is -3.87. The molecule has 0 heterocycles. The van der Waals surface area contributed by atoms with Crippen LogP contribution in [0.2, 0.25) is 0 Å². The van der Waals surface area contributed by atoms with E-state index in [9.17, 15) is 8.42 Å². The smallest absolute Gasteiger partial charge is 0.258 e. The standard InChI is InChI=1S/C24H26O3S/c1-18-10-16-22(17-11-18)28(25,26)27-23(24(2,3)4)21-14-12-20(13-15-21)19-8-6-5-7-9-19/h5-17,23H,1-4H3. The second kappa shape index (κ2) is 7.90. The molecule has 0 spiro atoms. The first kappa shape index (κ1) is 20.3. The van der Waals surface area contributed by atoms with Crippen molar-refractivity contribution in [1.29, 1.82) is 0 Å². The highest BCUT2D eigenvalue weighted by Crippen LogP contribution is 2.39. The summed E-state index contributed by atoms with van der Waals surface area (Å²) in [5.74, 6) is 0. The second-order valence-corrected chi connectivity index (χ2v) is 9.67. The molecule has 0 aromatic heterocycles. The van der Waals surface area contributed by atoms with E-state index in [-0.39, 0.29) is 4.90 Å². The summed E-state index contributed by atoms with van der Waals surface area (Å²) in [4.78, 5) is 0.174. The Morgan fingerprint density at radius 3 is 1.82 bits per heavy atom. The third kappa shape index (κ3) is 4.70. The quantitative estimate of drug-likeness (QED) is 0.487. The van der Waals surface area contributed by atoms with Crippen molar-refractivity contribution < 1.29 is 12.6 Å². The number of benzene rings is 3. The molecule has 0 bridgehead atoms. The van der Waals surface area contributed by atoms with Crippen LogP contribution in [0.25, 0.3) is 11.1 Å². The molecule has 3 nitrogen and oxygen atoms in total. The van der Waals surface area contributed by atoms with Gasteiger partial charge in [0.25, 0.3) is 10.1 Å². The highest BCUT2D eigenvalue weighted by atomic mass is 32.2. The molecule has 1 atom stereocenters. The van der Waals surface area contributed by atoms with Crippen molar-refractivity contribution in [2.45, 2.75) is 38.7 Å². The summed E-state index contributed by atoms with van der Waals surface area (Å²) in [7, 11) is -3.87. The van der Waals surface area contributed by atoms with E-state index in [4.69, 9.17) is 4.18 Å². The van der Waals surface area contributed by atoms with Gasteiger partial charge in [-0.3, -0.25) is 4.18 Å². The van der Waals surface area contributed by atoms with Gasteiger partial charge in [-0.25, -0.2) is 0 Å². The van der Waals surface area contributed by atoms with Gasteiger partial charge in [-0.15, -0.1) is 0 Å². The predicted molar refractivity (Wildman–Crippen MR) is 114 cm³/mol. The minimum absolute atomic E-state index is 0.174. The van der Waals surface area contributed by atoms with Gasteiger partial charge in [-0.05, 0) is 41.2 Å². The summed E-state index contributed by atoms with van der Waals surface area (Å²) in [6, 6.07) is 24.7. The fourth-order valence-corrected chi connectivity index (χ4v) is 4.30. The summed E-state index contributed by atoms with van der Waals surface area (Å²) in [6.07, 6.45) is -0.594. The lowest BCUT2D eigenvalue weighted by atomic mass is 9.84. The Bertz CT molecular complexity index is 1010. The molecule has 3 aromatic carbocycles. The van der Waals surface area contributed by atoms with Gasteiger partial charge >= 0.3 is 0 Å². The molecule has 0 saturated heterocycles. The average Bonchev–Trinajstić information content (AvgIpc) is 2.67. The fourth-order valence-electron chi connectivity index (χ4n) is 3.07. The van der Waals surface area contributed by atoms with Crippen LogP contribution in [0.1, 0.15) is 38.0 Å². The number of hydrogen-bond acceptors (Lipinski definition) is 3. The van der Waals surface area contributed by atoms with Gasteiger partial charge in [0.2, 0.25) is 0 Å². The van der Waals surface area contributed by atoms with Crippen molar-refractivity contribution in [3.05, 3.63) is 90.0 Å². The molecule has 0 aliphatic carbocycles.